The van der Waals surface area contributed by atoms with Gasteiger partial charge in [0.2, 0.25) is 0 Å². The second-order valence-corrected chi connectivity index (χ2v) is 6.16. The number of aryl methyl sites for hydroxylation is 1. The molecule has 2 rings (SSSR count). The molecule has 3 nitrogen and oxygen atoms in total. The third kappa shape index (κ3) is 5.33. The maximum absolute atomic E-state index is 10.2. The van der Waals surface area contributed by atoms with Gasteiger partial charge in [-0.2, -0.15) is 0 Å². The van der Waals surface area contributed by atoms with Gasteiger partial charge in [-0.25, -0.2) is 0 Å². The van der Waals surface area contributed by atoms with Gasteiger partial charge in [-0.1, -0.05) is 43.9 Å². The highest BCUT2D eigenvalue weighted by atomic mass is 16.5. The largest absolute Gasteiger partial charge is 0.491 e. The summed E-state index contributed by atoms with van der Waals surface area (Å²) in [7, 11) is 0. The fourth-order valence-electron chi connectivity index (χ4n) is 3.13. The molecule has 0 amide bonds. The number of hydrogen-bond donors (Lipinski definition) is 1. The topological polar surface area (TPSA) is 32.7 Å². The Morgan fingerprint density at radius 1 is 1.19 bits per heavy atom. The molecule has 0 aliphatic heterocycles. The van der Waals surface area contributed by atoms with E-state index in [4.69, 9.17) is 4.74 Å². The van der Waals surface area contributed by atoms with Crippen molar-refractivity contribution >= 4 is 0 Å². The van der Waals surface area contributed by atoms with Crippen LogP contribution in [-0.4, -0.2) is 41.8 Å². The van der Waals surface area contributed by atoms with Crippen LogP contribution in [0.3, 0.4) is 0 Å². The molecule has 118 valence electrons. The lowest BCUT2D eigenvalue weighted by molar-refractivity contribution is 0.0463. The van der Waals surface area contributed by atoms with E-state index in [2.05, 4.69) is 18.7 Å². The normalized spacial score (nSPS) is 17.9. The van der Waals surface area contributed by atoms with Crippen molar-refractivity contribution in [3.8, 4) is 5.75 Å². The minimum Gasteiger partial charge on any atom is -0.491 e. The van der Waals surface area contributed by atoms with Crippen LogP contribution < -0.4 is 4.74 Å². The highest BCUT2D eigenvalue weighted by Crippen LogP contribution is 2.22. The molecule has 0 heterocycles. The Labute approximate surface area is 128 Å². The van der Waals surface area contributed by atoms with Gasteiger partial charge in [0, 0.05) is 12.6 Å². The van der Waals surface area contributed by atoms with Gasteiger partial charge in [-0.3, -0.25) is 4.90 Å². The number of nitrogens with zero attached hydrogens (tertiary/aromatic N) is 1. The van der Waals surface area contributed by atoms with Crippen molar-refractivity contribution in [3.63, 3.8) is 0 Å². The van der Waals surface area contributed by atoms with Crippen molar-refractivity contribution in [1.29, 1.82) is 0 Å². The maximum Gasteiger partial charge on any atom is 0.119 e. The summed E-state index contributed by atoms with van der Waals surface area (Å²) < 4.78 is 5.68. The van der Waals surface area contributed by atoms with E-state index in [1.807, 2.05) is 24.3 Å². The van der Waals surface area contributed by atoms with Gasteiger partial charge >= 0.3 is 0 Å². The summed E-state index contributed by atoms with van der Waals surface area (Å²) in [6.45, 7) is 6.33. The molecule has 1 aliphatic rings. The van der Waals surface area contributed by atoms with Gasteiger partial charge in [-0.05, 0) is 38.4 Å². The van der Waals surface area contributed by atoms with Crippen molar-refractivity contribution < 1.29 is 9.84 Å². The summed E-state index contributed by atoms with van der Waals surface area (Å²) in [5.74, 6) is 0.834. The van der Waals surface area contributed by atoms with E-state index in [-0.39, 0.29) is 0 Å². The van der Waals surface area contributed by atoms with Crippen molar-refractivity contribution in [2.24, 2.45) is 0 Å². The van der Waals surface area contributed by atoms with Gasteiger partial charge in [0.1, 0.15) is 18.5 Å². The first kappa shape index (κ1) is 16.3. The molecule has 1 fully saturated rings. The van der Waals surface area contributed by atoms with Gasteiger partial charge in [-0.15, -0.1) is 0 Å². The summed E-state index contributed by atoms with van der Waals surface area (Å²) in [4.78, 5) is 2.42. The minimum atomic E-state index is -0.423. The molecule has 21 heavy (non-hydrogen) atoms. The van der Waals surface area contributed by atoms with E-state index < -0.39 is 6.10 Å². The van der Waals surface area contributed by atoms with E-state index in [1.54, 1.807) is 0 Å². The number of aliphatic hydroxyl groups is 1. The zero-order valence-corrected chi connectivity index (χ0v) is 13.4. The van der Waals surface area contributed by atoms with Crippen LogP contribution >= 0.6 is 0 Å². The van der Waals surface area contributed by atoms with Crippen molar-refractivity contribution in [2.45, 2.75) is 58.1 Å². The smallest absolute Gasteiger partial charge is 0.119 e. The minimum absolute atomic E-state index is 0.367. The predicted octanol–water partition coefficient (Wildman–Crippen LogP) is 3.39. The second kappa shape index (κ2) is 8.40. The summed E-state index contributed by atoms with van der Waals surface area (Å²) in [6, 6.07) is 8.63. The molecule has 0 saturated heterocycles. The van der Waals surface area contributed by atoms with Gasteiger partial charge < -0.3 is 9.84 Å². The van der Waals surface area contributed by atoms with E-state index in [9.17, 15) is 5.11 Å². The number of aliphatic hydroxyl groups excluding tert-OH is 1. The van der Waals surface area contributed by atoms with Crippen LogP contribution in [0.5, 0.6) is 5.75 Å². The molecule has 1 N–H and O–H groups in total. The Bertz CT molecular complexity index is 398. The van der Waals surface area contributed by atoms with Crippen LogP contribution in [0.15, 0.2) is 24.3 Å². The number of benzene rings is 1. The Balaban J connectivity index is 1.76. The highest BCUT2D eigenvalue weighted by molar-refractivity contribution is 5.26. The van der Waals surface area contributed by atoms with Crippen molar-refractivity contribution in [1.82, 2.24) is 4.90 Å². The number of ether oxygens (including phenoxy) is 1. The van der Waals surface area contributed by atoms with Crippen molar-refractivity contribution in [3.05, 3.63) is 29.8 Å². The van der Waals surface area contributed by atoms with Crippen LogP contribution in [0.1, 0.15) is 44.6 Å². The molecule has 0 unspecified atom stereocenters. The first-order chi connectivity index (χ1) is 10.2. The van der Waals surface area contributed by atoms with Gasteiger partial charge in [0.05, 0.1) is 0 Å². The standard InChI is InChI=1S/C18H29NO2/c1-3-19(16-7-5-4-6-8-16)13-17(20)14-21-18-11-9-15(2)10-12-18/h9-12,16-17,20H,3-8,13-14H2,1-2H3/t17-/m1/s1. The molecular formula is C18H29NO2. The SMILES string of the molecule is CCN(C[C@@H](O)COc1ccc(C)cc1)C1CCCCC1. The summed E-state index contributed by atoms with van der Waals surface area (Å²) in [6.07, 6.45) is 6.16. The quantitative estimate of drug-likeness (QED) is 0.836. The van der Waals surface area contributed by atoms with Crippen molar-refractivity contribution in [2.75, 3.05) is 19.7 Å². The average molecular weight is 291 g/mol. The molecule has 1 aromatic rings. The van der Waals surface area contributed by atoms with Crippen LogP contribution in [0.4, 0.5) is 0 Å². The molecule has 1 aromatic carbocycles. The van der Waals surface area contributed by atoms with Gasteiger partial charge in [0.15, 0.2) is 0 Å². The lowest BCUT2D eigenvalue weighted by Crippen LogP contribution is -2.43. The zero-order valence-electron chi connectivity index (χ0n) is 13.4. The van der Waals surface area contributed by atoms with Gasteiger partial charge in [0.25, 0.3) is 0 Å². The number of rotatable bonds is 7. The van der Waals surface area contributed by atoms with Crippen LogP contribution in [-0.2, 0) is 0 Å². The maximum atomic E-state index is 10.2. The molecule has 1 atom stereocenters. The molecule has 0 spiro atoms. The fraction of sp³-hybridized carbons (Fsp3) is 0.667. The third-order valence-corrected chi connectivity index (χ3v) is 4.41. The van der Waals surface area contributed by atoms with E-state index in [1.165, 1.54) is 37.7 Å². The molecule has 0 radical (unpaired) electrons. The summed E-state index contributed by atoms with van der Waals surface area (Å²) >= 11 is 0. The summed E-state index contributed by atoms with van der Waals surface area (Å²) in [5.41, 5.74) is 1.22. The molecule has 0 bridgehead atoms. The zero-order chi connectivity index (χ0) is 15.1. The second-order valence-electron chi connectivity index (χ2n) is 6.16. The average Bonchev–Trinajstić information content (AvgIpc) is 2.53. The molecule has 1 aliphatic carbocycles. The van der Waals surface area contributed by atoms with Crippen LogP contribution in [0, 0.1) is 6.92 Å². The van der Waals surface area contributed by atoms with E-state index in [0.717, 1.165) is 12.3 Å². The number of hydrogen-bond acceptors (Lipinski definition) is 3. The summed E-state index contributed by atoms with van der Waals surface area (Å²) in [5, 5.41) is 10.2. The fourth-order valence-corrected chi connectivity index (χ4v) is 3.13. The molecule has 3 heteroatoms. The Kier molecular flexibility index (Phi) is 6.52. The Morgan fingerprint density at radius 3 is 2.48 bits per heavy atom. The van der Waals surface area contributed by atoms with Crippen LogP contribution in [0.25, 0.3) is 0 Å². The monoisotopic (exact) mass is 291 g/mol. The number of likely N-dealkylation sites (N-methyl/N-ethyl adjacent to an activating group) is 1. The lowest BCUT2D eigenvalue weighted by Gasteiger charge is -2.34. The van der Waals surface area contributed by atoms with E-state index in [0.29, 0.717) is 19.2 Å². The Morgan fingerprint density at radius 2 is 1.86 bits per heavy atom. The van der Waals surface area contributed by atoms with E-state index >= 15 is 0 Å². The molecule has 1 saturated carbocycles. The third-order valence-electron chi connectivity index (χ3n) is 4.41. The Hall–Kier alpha value is -1.06. The predicted molar refractivity (Wildman–Crippen MR) is 86.8 cm³/mol. The lowest BCUT2D eigenvalue weighted by atomic mass is 9.94. The van der Waals surface area contributed by atoms with Crippen LogP contribution in [0.2, 0.25) is 0 Å². The highest BCUT2D eigenvalue weighted by Gasteiger charge is 2.22. The first-order valence-corrected chi connectivity index (χ1v) is 8.30. The molecular weight excluding hydrogens is 262 g/mol. The molecule has 0 aromatic heterocycles. The first-order valence-electron chi connectivity index (χ1n) is 8.30.